The van der Waals surface area contributed by atoms with Crippen LogP contribution in [0.15, 0.2) is 67.0 Å². The lowest BCUT2D eigenvalue weighted by atomic mass is 10.1. The molecule has 0 spiro atoms. The van der Waals surface area contributed by atoms with Crippen LogP contribution in [0.25, 0.3) is 11.1 Å². The minimum absolute atomic E-state index is 0.395. The van der Waals surface area contributed by atoms with Crippen LogP contribution in [0, 0.1) is 11.3 Å². The Morgan fingerprint density at radius 3 is 2.45 bits per heavy atom. The Morgan fingerprint density at radius 2 is 1.82 bits per heavy atom. The van der Waals surface area contributed by atoms with E-state index in [1.54, 1.807) is 30.6 Å². The highest BCUT2D eigenvalue weighted by Gasteiger charge is 2.25. The number of hydrogen-bond donors (Lipinski definition) is 1. The van der Waals surface area contributed by atoms with Crippen LogP contribution in [0.5, 0.6) is 5.75 Å². The number of ether oxygens (including phenoxy) is 1. The highest BCUT2D eigenvalue weighted by Crippen LogP contribution is 2.23. The van der Waals surface area contributed by atoms with Crippen molar-refractivity contribution in [1.82, 2.24) is 9.88 Å². The third-order valence-corrected chi connectivity index (χ3v) is 5.69. The van der Waals surface area contributed by atoms with Crippen molar-refractivity contribution in [2.75, 3.05) is 25.1 Å². The summed E-state index contributed by atoms with van der Waals surface area (Å²) in [6.07, 6.45) is 5.24. The van der Waals surface area contributed by atoms with E-state index in [9.17, 15) is 4.79 Å². The van der Waals surface area contributed by atoms with Crippen molar-refractivity contribution < 1.29 is 9.53 Å². The highest BCUT2D eigenvalue weighted by atomic mass is 35.5. The maximum absolute atomic E-state index is 11.7. The second-order valence-electron chi connectivity index (χ2n) is 8.14. The second-order valence-corrected chi connectivity index (χ2v) is 8.55. The molecule has 0 aliphatic carbocycles. The van der Waals surface area contributed by atoms with Gasteiger partial charge in [-0.1, -0.05) is 23.7 Å². The standard InChI is InChI=1S/C26H27ClN4O2/c1-26(2,18-32)31(19-30-23-7-4-22(17-28)25(27)16-23)14-3-15-33-24-8-5-20(6-9-24)21-10-12-29-13-11-21/h4-13,16,18,30H,3,14-15,19H2,1-2H3. The SMILES string of the molecule is CC(C)(C=O)N(CCCOc1ccc(-c2ccncc2)cc1)CNc1ccc(C#N)c(Cl)c1. The number of pyridine rings is 1. The van der Waals surface area contributed by atoms with Crippen LogP contribution in [-0.4, -0.2) is 41.5 Å². The van der Waals surface area contributed by atoms with Crippen molar-refractivity contribution in [3.05, 3.63) is 77.6 Å². The molecule has 0 saturated carbocycles. The smallest absolute Gasteiger partial charge is 0.139 e. The molecule has 0 saturated heterocycles. The summed E-state index contributed by atoms with van der Waals surface area (Å²) in [5.74, 6) is 0.805. The van der Waals surface area contributed by atoms with E-state index >= 15 is 0 Å². The molecule has 3 rings (SSSR count). The van der Waals surface area contributed by atoms with Gasteiger partial charge >= 0.3 is 0 Å². The molecule has 0 amide bonds. The minimum atomic E-state index is -0.643. The molecule has 170 valence electrons. The minimum Gasteiger partial charge on any atom is -0.494 e. The Morgan fingerprint density at radius 1 is 1.12 bits per heavy atom. The fraction of sp³-hybridized carbons (Fsp3) is 0.269. The number of hydrogen-bond acceptors (Lipinski definition) is 6. The number of carbonyl (C=O) groups is 1. The largest absolute Gasteiger partial charge is 0.494 e. The van der Waals surface area contributed by atoms with Crippen LogP contribution in [0.1, 0.15) is 25.8 Å². The highest BCUT2D eigenvalue weighted by molar-refractivity contribution is 6.32. The van der Waals surface area contributed by atoms with E-state index in [1.807, 2.05) is 61.2 Å². The number of halogens is 1. The van der Waals surface area contributed by atoms with Crippen molar-refractivity contribution in [1.29, 1.82) is 5.26 Å². The Labute approximate surface area is 199 Å². The number of nitrogens with one attached hydrogen (secondary N) is 1. The average molecular weight is 463 g/mol. The average Bonchev–Trinajstić information content (AvgIpc) is 2.84. The van der Waals surface area contributed by atoms with Gasteiger partial charge in [-0.15, -0.1) is 0 Å². The molecule has 33 heavy (non-hydrogen) atoms. The van der Waals surface area contributed by atoms with E-state index in [4.69, 9.17) is 21.6 Å². The van der Waals surface area contributed by atoms with E-state index in [2.05, 4.69) is 10.3 Å². The summed E-state index contributed by atoms with van der Waals surface area (Å²) >= 11 is 6.12. The van der Waals surface area contributed by atoms with Gasteiger partial charge in [0.15, 0.2) is 0 Å². The molecule has 0 aliphatic rings. The van der Waals surface area contributed by atoms with Gasteiger partial charge in [0.2, 0.25) is 0 Å². The Bertz CT molecular complexity index is 1100. The van der Waals surface area contributed by atoms with Crippen molar-refractivity contribution >= 4 is 23.6 Å². The molecule has 0 fully saturated rings. The van der Waals surface area contributed by atoms with E-state index in [1.165, 1.54) is 0 Å². The molecule has 0 unspecified atom stereocenters. The molecule has 1 aromatic heterocycles. The molecule has 1 N–H and O–H groups in total. The monoisotopic (exact) mass is 462 g/mol. The summed E-state index contributed by atoms with van der Waals surface area (Å²) in [7, 11) is 0. The summed E-state index contributed by atoms with van der Waals surface area (Å²) in [4.78, 5) is 17.7. The summed E-state index contributed by atoms with van der Waals surface area (Å²) in [6.45, 7) is 5.41. The zero-order chi connectivity index (χ0) is 23.7. The predicted octanol–water partition coefficient (Wildman–Crippen LogP) is 5.39. The van der Waals surface area contributed by atoms with Crippen LogP contribution >= 0.6 is 11.6 Å². The maximum atomic E-state index is 11.7. The van der Waals surface area contributed by atoms with Crippen molar-refractivity contribution in [3.8, 4) is 22.9 Å². The Balaban J connectivity index is 1.52. The number of nitrogens with zero attached hydrogens (tertiary/aromatic N) is 3. The van der Waals surface area contributed by atoms with Crippen LogP contribution in [0.3, 0.4) is 0 Å². The van der Waals surface area contributed by atoms with E-state index < -0.39 is 5.54 Å². The number of aromatic nitrogens is 1. The molecule has 3 aromatic rings. The van der Waals surface area contributed by atoms with Gasteiger partial charge in [0, 0.05) is 24.6 Å². The number of rotatable bonds is 11. The maximum Gasteiger partial charge on any atom is 0.139 e. The fourth-order valence-corrected chi connectivity index (χ4v) is 3.50. The van der Waals surface area contributed by atoms with E-state index in [0.29, 0.717) is 30.4 Å². The van der Waals surface area contributed by atoms with Gasteiger partial charge in [0.25, 0.3) is 0 Å². The zero-order valence-electron chi connectivity index (χ0n) is 18.8. The van der Waals surface area contributed by atoms with Crippen molar-refractivity contribution in [2.24, 2.45) is 0 Å². The van der Waals surface area contributed by atoms with Gasteiger partial charge in [-0.05, 0) is 73.9 Å². The van der Waals surface area contributed by atoms with Crippen LogP contribution in [-0.2, 0) is 4.79 Å². The van der Waals surface area contributed by atoms with E-state index in [0.717, 1.165) is 35.3 Å². The fourth-order valence-electron chi connectivity index (χ4n) is 3.28. The van der Waals surface area contributed by atoms with E-state index in [-0.39, 0.29) is 0 Å². The molecule has 0 bridgehead atoms. The molecular weight excluding hydrogens is 436 g/mol. The normalized spacial score (nSPS) is 11.1. The third-order valence-electron chi connectivity index (χ3n) is 5.38. The lowest BCUT2D eigenvalue weighted by Gasteiger charge is -2.34. The van der Waals surface area contributed by atoms with Crippen molar-refractivity contribution in [2.45, 2.75) is 25.8 Å². The molecule has 0 aliphatic heterocycles. The summed E-state index contributed by atoms with van der Waals surface area (Å²) in [5.41, 5.74) is 2.79. The molecular formula is C26H27ClN4O2. The Hall–Kier alpha value is -3.40. The topological polar surface area (TPSA) is 78.2 Å². The van der Waals surface area contributed by atoms with Gasteiger partial charge in [0.1, 0.15) is 18.1 Å². The number of aldehydes is 1. The first kappa shape index (κ1) is 24.2. The number of benzene rings is 2. The molecule has 1 heterocycles. The number of anilines is 1. The predicted molar refractivity (Wildman–Crippen MR) is 131 cm³/mol. The summed E-state index contributed by atoms with van der Waals surface area (Å²) < 4.78 is 5.90. The molecule has 0 radical (unpaired) electrons. The lowest BCUT2D eigenvalue weighted by molar-refractivity contribution is -0.116. The number of nitriles is 1. The summed E-state index contributed by atoms with van der Waals surface area (Å²) in [6, 6.07) is 19.1. The first-order chi connectivity index (χ1) is 15.9. The number of carbonyl (C=O) groups excluding carboxylic acids is 1. The lowest BCUT2D eigenvalue weighted by Crippen LogP contribution is -2.48. The van der Waals surface area contributed by atoms with Crippen LogP contribution in [0.2, 0.25) is 5.02 Å². The van der Waals surface area contributed by atoms with Gasteiger partial charge < -0.3 is 14.8 Å². The van der Waals surface area contributed by atoms with Gasteiger partial charge in [-0.3, -0.25) is 9.88 Å². The van der Waals surface area contributed by atoms with Crippen LogP contribution < -0.4 is 10.1 Å². The Kier molecular flexibility index (Phi) is 8.42. The van der Waals surface area contributed by atoms with Gasteiger partial charge in [0.05, 0.1) is 29.4 Å². The first-order valence-corrected chi connectivity index (χ1v) is 11.1. The molecule has 2 aromatic carbocycles. The summed E-state index contributed by atoms with van der Waals surface area (Å²) in [5, 5.41) is 12.7. The third kappa shape index (κ3) is 6.79. The van der Waals surface area contributed by atoms with Gasteiger partial charge in [-0.25, -0.2) is 0 Å². The molecule has 6 nitrogen and oxygen atoms in total. The second kappa shape index (κ2) is 11.5. The van der Waals surface area contributed by atoms with Crippen molar-refractivity contribution in [3.63, 3.8) is 0 Å². The van der Waals surface area contributed by atoms with Crippen LogP contribution in [0.4, 0.5) is 5.69 Å². The van der Waals surface area contributed by atoms with Gasteiger partial charge in [-0.2, -0.15) is 5.26 Å². The first-order valence-electron chi connectivity index (χ1n) is 10.7. The molecule has 0 atom stereocenters. The zero-order valence-corrected chi connectivity index (χ0v) is 19.5. The molecule has 7 heteroatoms. The quantitative estimate of drug-likeness (QED) is 0.234.